The van der Waals surface area contributed by atoms with Crippen molar-refractivity contribution >= 4 is 16.7 Å². The number of cyclic esters (lactones) is 1. The zero-order chi connectivity index (χ0) is 22.8. The molecule has 6 heteroatoms. The number of hydrogen-bond donors (Lipinski definition) is 0. The van der Waals surface area contributed by atoms with Crippen molar-refractivity contribution in [2.75, 3.05) is 26.9 Å². The van der Waals surface area contributed by atoms with Gasteiger partial charge in [-0.05, 0) is 58.3 Å². The van der Waals surface area contributed by atoms with E-state index >= 15 is 0 Å². The van der Waals surface area contributed by atoms with Crippen LogP contribution in [0.1, 0.15) is 28.8 Å². The van der Waals surface area contributed by atoms with Gasteiger partial charge in [0.15, 0.2) is 0 Å². The SMILES string of the molecule is COC1(/C=C/COc2ccc3c(-c4ccc(F)cc4)c4c(cc3c2)C(=O)OC4)CCOCC1. The molecule has 0 saturated carbocycles. The van der Waals surface area contributed by atoms with Crippen molar-refractivity contribution in [3.63, 3.8) is 0 Å². The molecule has 2 heterocycles. The summed E-state index contributed by atoms with van der Waals surface area (Å²) in [7, 11) is 1.72. The van der Waals surface area contributed by atoms with Gasteiger partial charge >= 0.3 is 5.97 Å². The molecule has 2 aliphatic rings. The molecule has 0 aliphatic carbocycles. The van der Waals surface area contributed by atoms with E-state index in [0.29, 0.717) is 31.1 Å². The van der Waals surface area contributed by atoms with E-state index in [1.54, 1.807) is 19.2 Å². The number of halogens is 1. The summed E-state index contributed by atoms with van der Waals surface area (Å²) in [5.41, 5.74) is 2.81. The maximum absolute atomic E-state index is 13.5. The van der Waals surface area contributed by atoms with Crippen LogP contribution in [0.3, 0.4) is 0 Å². The average Bonchev–Trinajstić information content (AvgIpc) is 3.21. The number of fused-ring (bicyclic) bond motifs is 2. The van der Waals surface area contributed by atoms with Crippen LogP contribution in [0.4, 0.5) is 4.39 Å². The largest absolute Gasteiger partial charge is 0.490 e. The highest BCUT2D eigenvalue weighted by Crippen LogP contribution is 2.39. The molecule has 0 amide bonds. The third-order valence-electron chi connectivity index (χ3n) is 6.43. The van der Waals surface area contributed by atoms with E-state index in [-0.39, 0.29) is 24.0 Å². The summed E-state index contributed by atoms with van der Waals surface area (Å²) in [5.74, 6) is 0.0514. The number of ether oxygens (including phenoxy) is 4. The fourth-order valence-corrected chi connectivity index (χ4v) is 4.57. The van der Waals surface area contributed by atoms with Gasteiger partial charge in [0.25, 0.3) is 0 Å². The zero-order valence-electron chi connectivity index (χ0n) is 18.4. The van der Waals surface area contributed by atoms with Crippen LogP contribution in [0.25, 0.3) is 21.9 Å². The molecule has 3 aromatic carbocycles. The lowest BCUT2D eigenvalue weighted by atomic mass is 9.90. The highest BCUT2D eigenvalue weighted by molar-refractivity contribution is 6.07. The monoisotopic (exact) mass is 448 g/mol. The van der Waals surface area contributed by atoms with Crippen LogP contribution < -0.4 is 4.74 Å². The Balaban J connectivity index is 1.43. The minimum atomic E-state index is -0.342. The number of methoxy groups -OCH3 is 1. The average molecular weight is 448 g/mol. The maximum Gasteiger partial charge on any atom is 0.338 e. The number of esters is 1. The summed E-state index contributed by atoms with van der Waals surface area (Å²) in [6.45, 7) is 1.99. The van der Waals surface area contributed by atoms with Gasteiger partial charge in [-0.25, -0.2) is 9.18 Å². The topological polar surface area (TPSA) is 54.0 Å². The molecular weight excluding hydrogens is 423 g/mol. The number of carbonyl (C=O) groups excluding carboxylic acids is 1. The Morgan fingerprint density at radius 3 is 2.64 bits per heavy atom. The van der Waals surface area contributed by atoms with Crippen molar-refractivity contribution in [3.05, 3.63) is 77.6 Å². The van der Waals surface area contributed by atoms with E-state index < -0.39 is 0 Å². The van der Waals surface area contributed by atoms with Crippen molar-refractivity contribution in [1.29, 1.82) is 0 Å². The quantitative estimate of drug-likeness (QED) is 0.371. The second-order valence-corrected chi connectivity index (χ2v) is 8.34. The molecular formula is C27H25FO5. The van der Waals surface area contributed by atoms with Gasteiger partial charge in [-0.15, -0.1) is 0 Å². The van der Waals surface area contributed by atoms with Crippen molar-refractivity contribution in [3.8, 4) is 16.9 Å². The molecule has 5 rings (SSSR count). The van der Waals surface area contributed by atoms with Crippen LogP contribution >= 0.6 is 0 Å². The Morgan fingerprint density at radius 2 is 1.88 bits per heavy atom. The number of carbonyl (C=O) groups is 1. The van der Waals surface area contributed by atoms with E-state index in [1.165, 1.54) is 12.1 Å². The van der Waals surface area contributed by atoms with Crippen LogP contribution in [-0.2, 0) is 20.8 Å². The van der Waals surface area contributed by atoms with Gasteiger partial charge in [0.2, 0.25) is 0 Å². The minimum Gasteiger partial charge on any atom is -0.490 e. The molecule has 5 nitrogen and oxygen atoms in total. The Bertz CT molecular complexity index is 1210. The summed E-state index contributed by atoms with van der Waals surface area (Å²) in [5, 5.41) is 1.83. The molecule has 0 spiro atoms. The summed E-state index contributed by atoms with van der Waals surface area (Å²) < 4.78 is 35.9. The number of hydrogen-bond acceptors (Lipinski definition) is 5. The minimum absolute atomic E-state index is 0.214. The van der Waals surface area contributed by atoms with Crippen LogP contribution in [0.15, 0.2) is 60.7 Å². The first-order valence-electron chi connectivity index (χ1n) is 11.0. The first kappa shape index (κ1) is 21.6. The molecule has 0 bridgehead atoms. The lowest BCUT2D eigenvalue weighted by Crippen LogP contribution is -2.36. The van der Waals surface area contributed by atoms with Crippen LogP contribution in [0, 0.1) is 5.82 Å². The van der Waals surface area contributed by atoms with Gasteiger partial charge in [0.1, 0.15) is 24.8 Å². The standard InChI is InChI=1S/C27H25FO5/c1-30-27(10-13-31-14-11-27)9-2-12-32-21-7-8-22-19(15-21)16-23-24(17-33-26(23)29)25(22)18-3-5-20(28)6-4-18/h2-9,15-16H,10-14,17H2,1H3/b9-2+. The molecule has 0 aromatic heterocycles. The lowest BCUT2D eigenvalue weighted by molar-refractivity contribution is -0.0588. The first-order chi connectivity index (χ1) is 16.1. The molecule has 0 atom stereocenters. The Labute approximate surface area is 191 Å². The summed E-state index contributed by atoms with van der Waals surface area (Å²) in [6, 6.07) is 14.0. The first-order valence-corrected chi connectivity index (χ1v) is 11.0. The third kappa shape index (κ3) is 4.24. The van der Waals surface area contributed by atoms with Crippen molar-refractivity contribution in [2.45, 2.75) is 25.0 Å². The number of rotatable bonds is 6. The van der Waals surface area contributed by atoms with Gasteiger partial charge in [-0.1, -0.05) is 24.3 Å². The molecule has 2 aliphatic heterocycles. The fraction of sp³-hybridized carbons (Fsp3) is 0.296. The lowest BCUT2D eigenvalue weighted by Gasteiger charge is -2.33. The number of benzene rings is 3. The third-order valence-corrected chi connectivity index (χ3v) is 6.43. The van der Waals surface area contributed by atoms with Gasteiger partial charge in [0, 0.05) is 38.7 Å². The molecule has 170 valence electrons. The van der Waals surface area contributed by atoms with E-state index in [4.69, 9.17) is 18.9 Å². The predicted octanol–water partition coefficient (Wildman–Crippen LogP) is 5.45. The smallest absolute Gasteiger partial charge is 0.338 e. The van der Waals surface area contributed by atoms with Crippen LogP contribution in [0.2, 0.25) is 0 Å². The van der Waals surface area contributed by atoms with Crippen LogP contribution in [0.5, 0.6) is 5.75 Å². The molecule has 0 N–H and O–H groups in total. The van der Waals surface area contributed by atoms with Crippen LogP contribution in [-0.4, -0.2) is 38.5 Å². The Kier molecular flexibility index (Phi) is 5.87. The van der Waals surface area contributed by atoms with Crippen molar-refractivity contribution in [2.24, 2.45) is 0 Å². The van der Waals surface area contributed by atoms with E-state index in [2.05, 4.69) is 6.08 Å². The maximum atomic E-state index is 13.5. The second-order valence-electron chi connectivity index (χ2n) is 8.34. The highest BCUT2D eigenvalue weighted by Gasteiger charge is 2.29. The van der Waals surface area contributed by atoms with Gasteiger partial charge < -0.3 is 18.9 Å². The Hall–Kier alpha value is -3.22. The van der Waals surface area contributed by atoms with E-state index in [1.807, 2.05) is 30.3 Å². The fourth-order valence-electron chi connectivity index (χ4n) is 4.57. The molecule has 0 radical (unpaired) electrons. The Morgan fingerprint density at radius 1 is 1.09 bits per heavy atom. The summed E-state index contributed by atoms with van der Waals surface area (Å²) >= 11 is 0. The van der Waals surface area contributed by atoms with Crippen molar-refractivity contribution < 1.29 is 28.1 Å². The van der Waals surface area contributed by atoms with E-state index in [0.717, 1.165) is 40.3 Å². The summed E-state index contributed by atoms with van der Waals surface area (Å²) in [6.07, 6.45) is 5.68. The normalized spacial score (nSPS) is 17.3. The van der Waals surface area contributed by atoms with Gasteiger partial charge in [-0.2, -0.15) is 0 Å². The molecule has 3 aromatic rings. The zero-order valence-corrected chi connectivity index (χ0v) is 18.4. The molecule has 33 heavy (non-hydrogen) atoms. The molecule has 0 unspecified atom stereocenters. The van der Waals surface area contributed by atoms with Gasteiger partial charge in [-0.3, -0.25) is 0 Å². The van der Waals surface area contributed by atoms with Crippen molar-refractivity contribution in [1.82, 2.24) is 0 Å². The second kappa shape index (κ2) is 8.96. The molecule has 1 fully saturated rings. The van der Waals surface area contributed by atoms with Gasteiger partial charge in [0.05, 0.1) is 11.2 Å². The summed E-state index contributed by atoms with van der Waals surface area (Å²) in [4.78, 5) is 12.3. The predicted molar refractivity (Wildman–Crippen MR) is 123 cm³/mol. The van der Waals surface area contributed by atoms with E-state index in [9.17, 15) is 9.18 Å². The molecule has 1 saturated heterocycles. The highest BCUT2D eigenvalue weighted by atomic mass is 19.1.